The fourth-order valence-corrected chi connectivity index (χ4v) is 1.86. The van der Waals surface area contributed by atoms with Crippen LogP contribution < -0.4 is 16.4 Å². The third-order valence-electron chi connectivity index (χ3n) is 1.55. The van der Waals surface area contributed by atoms with Crippen LogP contribution in [0.15, 0.2) is 4.99 Å². The van der Waals surface area contributed by atoms with Gasteiger partial charge in [-0.15, -0.1) is 0 Å². The summed E-state index contributed by atoms with van der Waals surface area (Å²) in [5.41, 5.74) is 5.27. The number of amides is 2. The average Bonchev–Trinajstić information content (AvgIpc) is 1.94. The van der Waals surface area contributed by atoms with E-state index in [0.717, 1.165) is 11.8 Å². The van der Waals surface area contributed by atoms with Gasteiger partial charge in [-0.2, -0.15) is 0 Å². The van der Waals surface area contributed by atoms with E-state index >= 15 is 0 Å². The second-order valence-electron chi connectivity index (χ2n) is 2.43. The van der Waals surface area contributed by atoms with Gasteiger partial charge < -0.3 is 16.4 Å². The van der Waals surface area contributed by atoms with Gasteiger partial charge >= 0.3 is 0 Å². The zero-order chi connectivity index (χ0) is 8.77. The maximum Gasteiger partial charge on any atom is 0.280 e. The standard InChI is InChI=1S/C5H6N4O2S/c6-4-9-5(12-4)3(11)7-1-2(10)8-5/h1H2,(H2,6,9)(H,7,11)(H,8,10). The predicted octanol–water partition coefficient (Wildman–Crippen LogP) is -2.05. The number of piperazine rings is 1. The summed E-state index contributed by atoms with van der Waals surface area (Å²) in [6.07, 6.45) is 0. The summed E-state index contributed by atoms with van der Waals surface area (Å²) in [6.45, 7) is 0.0105. The Bertz CT molecular complexity index is 302. The van der Waals surface area contributed by atoms with Gasteiger partial charge in [0.1, 0.15) is 0 Å². The molecular weight excluding hydrogens is 180 g/mol. The lowest BCUT2D eigenvalue weighted by Gasteiger charge is -2.37. The number of aliphatic imine (C=N–C) groups is 1. The van der Waals surface area contributed by atoms with Gasteiger partial charge in [-0.05, 0) is 11.8 Å². The molecule has 12 heavy (non-hydrogen) atoms. The first-order valence-corrected chi connectivity index (χ1v) is 4.08. The summed E-state index contributed by atoms with van der Waals surface area (Å²) in [5.74, 6) is -0.570. The van der Waals surface area contributed by atoms with Crippen molar-refractivity contribution in [3.8, 4) is 0 Å². The Morgan fingerprint density at radius 2 is 2.25 bits per heavy atom. The zero-order valence-corrected chi connectivity index (χ0v) is 6.77. The van der Waals surface area contributed by atoms with Crippen molar-refractivity contribution in [1.82, 2.24) is 10.6 Å². The third kappa shape index (κ3) is 0.860. The van der Waals surface area contributed by atoms with E-state index in [-0.39, 0.29) is 18.4 Å². The molecule has 1 unspecified atom stereocenters. The molecule has 1 saturated heterocycles. The number of nitrogens with one attached hydrogen (secondary N) is 2. The highest BCUT2D eigenvalue weighted by molar-refractivity contribution is 8.17. The minimum absolute atomic E-state index is 0.0105. The maximum atomic E-state index is 11.2. The fourth-order valence-electron chi connectivity index (χ4n) is 1.03. The van der Waals surface area contributed by atoms with E-state index in [9.17, 15) is 9.59 Å². The first-order valence-electron chi connectivity index (χ1n) is 3.26. The highest BCUT2D eigenvalue weighted by atomic mass is 32.2. The van der Waals surface area contributed by atoms with Gasteiger partial charge in [0.25, 0.3) is 10.9 Å². The Morgan fingerprint density at radius 1 is 1.58 bits per heavy atom. The van der Waals surface area contributed by atoms with Crippen molar-refractivity contribution in [2.75, 3.05) is 6.54 Å². The highest BCUT2D eigenvalue weighted by Gasteiger charge is 2.50. The number of nitrogens with two attached hydrogens (primary N) is 1. The molecule has 64 valence electrons. The van der Waals surface area contributed by atoms with Crippen LogP contribution in [0, 0.1) is 0 Å². The molecule has 1 atom stereocenters. The van der Waals surface area contributed by atoms with Crippen LogP contribution in [0.2, 0.25) is 0 Å². The number of nitrogens with zero attached hydrogens (tertiary/aromatic N) is 1. The minimum atomic E-state index is -1.17. The van der Waals surface area contributed by atoms with Crippen molar-refractivity contribution in [2.24, 2.45) is 10.7 Å². The molecule has 2 heterocycles. The summed E-state index contributed by atoms with van der Waals surface area (Å²) in [6, 6.07) is 0. The summed E-state index contributed by atoms with van der Waals surface area (Å²) < 4.78 is 0. The number of amidine groups is 1. The third-order valence-corrected chi connectivity index (χ3v) is 2.52. The van der Waals surface area contributed by atoms with E-state index < -0.39 is 4.99 Å². The van der Waals surface area contributed by atoms with Crippen molar-refractivity contribution in [3.63, 3.8) is 0 Å². The SMILES string of the molecule is NC1=NC2(NC(=O)CNC2=O)S1. The number of rotatable bonds is 0. The number of carbonyl (C=O) groups is 2. The summed E-state index contributed by atoms with van der Waals surface area (Å²) in [5, 5.41) is 5.18. The van der Waals surface area contributed by atoms with Crippen LogP contribution in [0.3, 0.4) is 0 Å². The quantitative estimate of drug-likeness (QED) is 0.405. The van der Waals surface area contributed by atoms with Crippen molar-refractivity contribution < 1.29 is 9.59 Å². The molecule has 1 fully saturated rings. The summed E-state index contributed by atoms with van der Waals surface area (Å²) >= 11 is 1.05. The molecule has 0 aromatic heterocycles. The van der Waals surface area contributed by atoms with Crippen molar-refractivity contribution in [2.45, 2.75) is 4.99 Å². The average molecular weight is 186 g/mol. The van der Waals surface area contributed by atoms with Gasteiger partial charge in [-0.1, -0.05) is 0 Å². The van der Waals surface area contributed by atoms with Gasteiger partial charge in [0.05, 0.1) is 6.54 Å². The molecule has 0 aromatic rings. The Kier molecular flexibility index (Phi) is 1.31. The van der Waals surface area contributed by atoms with E-state index in [4.69, 9.17) is 5.73 Å². The molecule has 6 nitrogen and oxygen atoms in total. The number of thioether (sulfide) groups is 1. The van der Waals surface area contributed by atoms with Crippen LogP contribution >= 0.6 is 11.8 Å². The van der Waals surface area contributed by atoms with Gasteiger partial charge in [0.2, 0.25) is 5.91 Å². The zero-order valence-electron chi connectivity index (χ0n) is 5.96. The van der Waals surface area contributed by atoms with Crippen LogP contribution in [0.4, 0.5) is 0 Å². The number of carbonyl (C=O) groups excluding carboxylic acids is 2. The van der Waals surface area contributed by atoms with E-state index in [1.807, 2.05) is 0 Å². The number of hydrogen-bond donors (Lipinski definition) is 3. The predicted molar refractivity (Wildman–Crippen MR) is 43.1 cm³/mol. The highest BCUT2D eigenvalue weighted by Crippen LogP contribution is 2.34. The monoisotopic (exact) mass is 186 g/mol. The van der Waals surface area contributed by atoms with Crippen molar-refractivity contribution in [3.05, 3.63) is 0 Å². The molecule has 0 aliphatic carbocycles. The van der Waals surface area contributed by atoms with E-state index in [0.29, 0.717) is 5.17 Å². The molecule has 0 saturated carbocycles. The van der Waals surface area contributed by atoms with Crippen LogP contribution in [0.1, 0.15) is 0 Å². The maximum absolute atomic E-state index is 11.2. The van der Waals surface area contributed by atoms with Crippen molar-refractivity contribution in [1.29, 1.82) is 0 Å². The molecule has 0 radical (unpaired) electrons. The van der Waals surface area contributed by atoms with E-state index in [1.54, 1.807) is 0 Å². The van der Waals surface area contributed by atoms with Crippen LogP contribution in [0.5, 0.6) is 0 Å². The van der Waals surface area contributed by atoms with Crippen LogP contribution in [-0.4, -0.2) is 28.5 Å². The molecule has 2 aliphatic rings. The molecule has 1 spiro atoms. The molecule has 2 rings (SSSR count). The smallest absolute Gasteiger partial charge is 0.280 e. The molecular formula is C5H6N4O2S. The fraction of sp³-hybridized carbons (Fsp3) is 0.400. The van der Waals surface area contributed by atoms with Gasteiger partial charge in [-0.25, -0.2) is 4.99 Å². The Morgan fingerprint density at radius 3 is 2.83 bits per heavy atom. The lowest BCUT2D eigenvalue weighted by atomic mass is 10.3. The first kappa shape index (κ1) is 7.41. The molecule has 0 bridgehead atoms. The second-order valence-corrected chi connectivity index (χ2v) is 3.64. The van der Waals surface area contributed by atoms with Gasteiger partial charge in [0.15, 0.2) is 5.17 Å². The van der Waals surface area contributed by atoms with Crippen LogP contribution in [0.25, 0.3) is 0 Å². The normalized spacial score (nSPS) is 33.5. The molecule has 4 N–H and O–H groups in total. The topological polar surface area (TPSA) is 96.6 Å². The Hall–Kier alpha value is -1.24. The largest absolute Gasteiger partial charge is 0.378 e. The van der Waals surface area contributed by atoms with Crippen LogP contribution in [-0.2, 0) is 9.59 Å². The first-order chi connectivity index (χ1) is 5.62. The molecule has 0 aromatic carbocycles. The molecule has 7 heteroatoms. The minimum Gasteiger partial charge on any atom is -0.378 e. The summed E-state index contributed by atoms with van der Waals surface area (Å²) in [7, 11) is 0. The Labute approximate surface area is 72.0 Å². The van der Waals surface area contributed by atoms with Gasteiger partial charge in [-0.3, -0.25) is 9.59 Å². The lowest BCUT2D eigenvalue weighted by Crippen LogP contribution is -2.66. The van der Waals surface area contributed by atoms with Gasteiger partial charge in [0, 0.05) is 0 Å². The summed E-state index contributed by atoms with van der Waals surface area (Å²) in [4.78, 5) is 24.6. The Balaban J connectivity index is 2.24. The molecule has 2 aliphatic heterocycles. The lowest BCUT2D eigenvalue weighted by molar-refractivity contribution is -0.134. The number of hydrogen-bond acceptors (Lipinski definition) is 5. The second kappa shape index (κ2) is 2.13. The van der Waals surface area contributed by atoms with Crippen molar-refractivity contribution >= 4 is 28.7 Å². The van der Waals surface area contributed by atoms with E-state index in [2.05, 4.69) is 15.6 Å². The van der Waals surface area contributed by atoms with E-state index in [1.165, 1.54) is 0 Å². The molecule has 2 amide bonds.